The molecule has 0 aliphatic carbocycles. The number of hydrogen-bond acceptors (Lipinski definition) is 4. The molecule has 0 saturated heterocycles. The van der Waals surface area contributed by atoms with Gasteiger partial charge in [0.2, 0.25) is 5.91 Å². The summed E-state index contributed by atoms with van der Waals surface area (Å²) in [5.41, 5.74) is 3.05. The van der Waals surface area contributed by atoms with Crippen molar-refractivity contribution in [1.29, 1.82) is 0 Å². The molecule has 1 N–H and O–H groups in total. The van der Waals surface area contributed by atoms with Gasteiger partial charge in [0, 0.05) is 0 Å². The van der Waals surface area contributed by atoms with Crippen LogP contribution in [0.3, 0.4) is 0 Å². The molecule has 4 rings (SSSR count). The van der Waals surface area contributed by atoms with Crippen molar-refractivity contribution in [3.8, 4) is 5.75 Å². The molecule has 1 atom stereocenters. The number of amides is 1. The number of nitrogens with one attached hydrogen (secondary N) is 1. The summed E-state index contributed by atoms with van der Waals surface area (Å²) in [5, 5.41) is 6.87. The summed E-state index contributed by atoms with van der Waals surface area (Å²) in [6.07, 6.45) is -4.32. The fourth-order valence-electron chi connectivity index (χ4n) is 3.83. The maximum absolute atomic E-state index is 13.0. The van der Waals surface area contributed by atoms with E-state index in [4.69, 9.17) is 9.26 Å². The van der Waals surface area contributed by atoms with Gasteiger partial charge in [-0.2, -0.15) is 13.2 Å². The molecule has 0 aliphatic heterocycles. The second-order valence-corrected chi connectivity index (χ2v) is 8.44. The summed E-state index contributed by atoms with van der Waals surface area (Å²) < 4.78 is 49.9. The fourth-order valence-corrected chi connectivity index (χ4v) is 3.83. The molecule has 5 nitrogen and oxygen atoms in total. The first-order valence-electron chi connectivity index (χ1n) is 11.4. The van der Waals surface area contributed by atoms with Gasteiger partial charge >= 0.3 is 6.18 Å². The second kappa shape index (κ2) is 10.7. The molecule has 4 aromatic rings. The van der Waals surface area contributed by atoms with Crippen LogP contribution in [0, 0.1) is 13.8 Å². The summed E-state index contributed by atoms with van der Waals surface area (Å²) >= 11 is 0. The molecular formula is C28H25F3N2O3. The Balaban J connectivity index is 1.43. The SMILES string of the molecule is Cc1noc(C)c1COc1ccc(CC(=O)NC(c2ccccc2)c2ccc(C(F)(F)F)cc2)cc1. The van der Waals surface area contributed by atoms with Crippen LogP contribution in [0.1, 0.15) is 45.3 Å². The van der Waals surface area contributed by atoms with Gasteiger partial charge in [0.1, 0.15) is 18.1 Å². The first-order valence-corrected chi connectivity index (χ1v) is 11.4. The van der Waals surface area contributed by atoms with Crippen LogP contribution in [-0.4, -0.2) is 11.1 Å². The van der Waals surface area contributed by atoms with E-state index in [-0.39, 0.29) is 12.3 Å². The number of hydrogen-bond donors (Lipinski definition) is 1. The summed E-state index contributed by atoms with van der Waals surface area (Å²) in [4.78, 5) is 12.9. The lowest BCUT2D eigenvalue weighted by molar-refractivity contribution is -0.137. The minimum atomic E-state index is -4.42. The highest BCUT2D eigenvalue weighted by atomic mass is 19.4. The Morgan fingerprint density at radius 1 is 0.944 bits per heavy atom. The number of rotatable bonds is 8. The summed E-state index contributed by atoms with van der Waals surface area (Å²) in [6, 6.07) is 20.6. The molecule has 186 valence electrons. The van der Waals surface area contributed by atoms with Crippen LogP contribution < -0.4 is 10.1 Å². The number of carbonyl (C=O) groups excluding carboxylic acids is 1. The summed E-state index contributed by atoms with van der Waals surface area (Å²) in [6.45, 7) is 4.00. The average molecular weight is 495 g/mol. The van der Waals surface area contributed by atoms with Crippen LogP contribution in [0.5, 0.6) is 5.75 Å². The molecule has 1 amide bonds. The van der Waals surface area contributed by atoms with Gasteiger partial charge in [-0.15, -0.1) is 0 Å². The summed E-state index contributed by atoms with van der Waals surface area (Å²) in [7, 11) is 0. The number of aromatic nitrogens is 1. The maximum Gasteiger partial charge on any atom is 0.416 e. The molecule has 36 heavy (non-hydrogen) atoms. The van der Waals surface area contributed by atoms with Crippen molar-refractivity contribution in [2.75, 3.05) is 0 Å². The number of nitrogens with zero attached hydrogens (tertiary/aromatic N) is 1. The Hall–Kier alpha value is -4.07. The van der Waals surface area contributed by atoms with Crippen molar-refractivity contribution in [2.45, 2.75) is 39.1 Å². The van der Waals surface area contributed by atoms with Crippen LogP contribution >= 0.6 is 0 Å². The van der Waals surface area contributed by atoms with Gasteiger partial charge in [-0.25, -0.2) is 0 Å². The van der Waals surface area contributed by atoms with E-state index in [9.17, 15) is 18.0 Å². The number of halogens is 3. The van der Waals surface area contributed by atoms with Gasteiger partial charge in [-0.3, -0.25) is 4.79 Å². The number of benzene rings is 3. The minimum absolute atomic E-state index is 0.105. The fraction of sp³-hybridized carbons (Fsp3) is 0.214. The van der Waals surface area contributed by atoms with E-state index in [1.807, 2.05) is 44.2 Å². The van der Waals surface area contributed by atoms with Crippen LogP contribution in [0.25, 0.3) is 0 Å². The molecule has 8 heteroatoms. The Labute approximate surface area is 206 Å². The van der Waals surface area contributed by atoms with Crippen LogP contribution in [-0.2, 0) is 24.0 Å². The zero-order valence-corrected chi connectivity index (χ0v) is 19.8. The number of aryl methyl sites for hydroxylation is 2. The van der Waals surface area contributed by atoms with Gasteiger partial charge in [-0.1, -0.05) is 59.8 Å². The van der Waals surface area contributed by atoms with Gasteiger partial charge in [0.15, 0.2) is 0 Å². The molecule has 0 spiro atoms. The Morgan fingerprint density at radius 2 is 1.58 bits per heavy atom. The molecule has 1 heterocycles. The van der Waals surface area contributed by atoms with Crippen LogP contribution in [0.2, 0.25) is 0 Å². The van der Waals surface area contributed by atoms with E-state index < -0.39 is 17.8 Å². The third-order valence-corrected chi connectivity index (χ3v) is 5.86. The lowest BCUT2D eigenvalue weighted by Crippen LogP contribution is -2.30. The van der Waals surface area contributed by atoms with Crippen molar-refractivity contribution in [2.24, 2.45) is 0 Å². The first-order chi connectivity index (χ1) is 17.2. The summed E-state index contributed by atoms with van der Waals surface area (Å²) in [5.74, 6) is 1.10. The standard InChI is InChI=1S/C28H25F3N2O3/c1-18-25(19(2)36-33-18)17-35-24-14-8-20(9-15-24)16-26(34)32-27(21-6-4-3-5-7-21)22-10-12-23(13-11-22)28(29,30)31/h3-15,27H,16-17H2,1-2H3,(H,32,34). The van der Waals surface area contributed by atoms with Gasteiger partial charge in [0.05, 0.1) is 29.3 Å². The lowest BCUT2D eigenvalue weighted by atomic mass is 9.97. The maximum atomic E-state index is 13.0. The number of ether oxygens (including phenoxy) is 1. The minimum Gasteiger partial charge on any atom is -0.489 e. The molecular weight excluding hydrogens is 469 g/mol. The van der Waals surface area contributed by atoms with Crippen molar-refractivity contribution < 1.29 is 27.2 Å². The van der Waals surface area contributed by atoms with Crippen molar-refractivity contribution in [1.82, 2.24) is 10.5 Å². The van der Waals surface area contributed by atoms with E-state index >= 15 is 0 Å². The molecule has 3 aromatic carbocycles. The highest BCUT2D eigenvalue weighted by molar-refractivity contribution is 5.79. The smallest absolute Gasteiger partial charge is 0.416 e. The van der Waals surface area contributed by atoms with E-state index in [2.05, 4.69) is 10.5 Å². The first kappa shape index (κ1) is 25.0. The lowest BCUT2D eigenvalue weighted by Gasteiger charge is -2.21. The topological polar surface area (TPSA) is 64.4 Å². The molecule has 0 fully saturated rings. The third-order valence-electron chi connectivity index (χ3n) is 5.86. The third kappa shape index (κ3) is 6.13. The van der Waals surface area contributed by atoms with Gasteiger partial charge in [0.25, 0.3) is 0 Å². The Morgan fingerprint density at radius 3 is 2.17 bits per heavy atom. The van der Waals surface area contributed by atoms with E-state index in [1.165, 1.54) is 12.1 Å². The molecule has 0 bridgehead atoms. The molecule has 0 aliphatic rings. The van der Waals surface area contributed by atoms with Crippen molar-refractivity contribution >= 4 is 5.91 Å². The zero-order chi connectivity index (χ0) is 25.7. The number of alkyl halides is 3. The van der Waals surface area contributed by atoms with Crippen molar-refractivity contribution in [3.05, 3.63) is 118 Å². The quantitative estimate of drug-likeness (QED) is 0.311. The number of carbonyl (C=O) groups is 1. The zero-order valence-electron chi connectivity index (χ0n) is 19.8. The van der Waals surface area contributed by atoms with E-state index in [0.29, 0.717) is 23.7 Å². The Bertz CT molecular complexity index is 1280. The highest BCUT2D eigenvalue weighted by Crippen LogP contribution is 2.31. The Kier molecular flexibility index (Phi) is 7.43. The molecule has 0 radical (unpaired) electrons. The molecule has 1 unspecified atom stereocenters. The van der Waals surface area contributed by atoms with Gasteiger partial charge in [-0.05, 0) is 54.8 Å². The van der Waals surface area contributed by atoms with E-state index in [1.54, 1.807) is 24.3 Å². The normalized spacial score (nSPS) is 12.2. The molecule has 1 aromatic heterocycles. The predicted octanol–water partition coefficient (Wildman–Crippen LogP) is 6.34. The van der Waals surface area contributed by atoms with Crippen LogP contribution in [0.15, 0.2) is 83.4 Å². The van der Waals surface area contributed by atoms with Gasteiger partial charge < -0.3 is 14.6 Å². The van der Waals surface area contributed by atoms with Crippen molar-refractivity contribution in [3.63, 3.8) is 0 Å². The van der Waals surface area contributed by atoms with E-state index in [0.717, 1.165) is 34.5 Å². The highest BCUT2D eigenvalue weighted by Gasteiger charge is 2.30. The largest absolute Gasteiger partial charge is 0.489 e. The molecule has 0 saturated carbocycles. The second-order valence-electron chi connectivity index (χ2n) is 8.44. The predicted molar refractivity (Wildman–Crippen MR) is 128 cm³/mol. The average Bonchev–Trinajstić information content (AvgIpc) is 3.19. The monoisotopic (exact) mass is 494 g/mol. The van der Waals surface area contributed by atoms with Crippen LogP contribution in [0.4, 0.5) is 13.2 Å².